The first-order valence-electron chi connectivity index (χ1n) is 14.0. The zero-order chi connectivity index (χ0) is 32.5. The first kappa shape index (κ1) is 31.4. The van der Waals surface area contributed by atoms with Gasteiger partial charge in [-0.05, 0) is 67.4 Å². The summed E-state index contributed by atoms with van der Waals surface area (Å²) in [6.45, 7) is 6.39. The number of nitrogens with two attached hydrogens (primary N) is 1. The van der Waals surface area contributed by atoms with Crippen molar-refractivity contribution in [3.8, 4) is 17.3 Å². The molecule has 3 unspecified atom stereocenters. The summed E-state index contributed by atoms with van der Waals surface area (Å²) in [6, 6.07) is 15.5. The topological polar surface area (TPSA) is 131 Å². The second-order valence-corrected chi connectivity index (χ2v) is 11.8. The molecule has 0 aliphatic heterocycles. The maximum Gasteiger partial charge on any atom is 0.305 e. The Balaban J connectivity index is 1.53. The Labute approximate surface area is 262 Å². The Hall–Kier alpha value is -4.99. The normalized spacial score (nSPS) is 13.9. The zero-order valence-electron chi connectivity index (χ0n) is 25.0. The fourth-order valence-corrected chi connectivity index (χ4v) is 6.19. The van der Waals surface area contributed by atoms with Crippen LogP contribution in [0.2, 0.25) is 0 Å². The Morgan fingerprint density at radius 2 is 1.87 bits per heavy atom. The molecule has 2 aromatic heterocycles. The number of nitrogens with zero attached hydrogens (tertiary/aromatic N) is 5. The van der Waals surface area contributed by atoms with Crippen molar-refractivity contribution in [3.63, 3.8) is 0 Å². The van der Waals surface area contributed by atoms with Crippen LogP contribution in [-0.4, -0.2) is 25.8 Å². The third-order valence-electron chi connectivity index (χ3n) is 7.77. The van der Waals surface area contributed by atoms with E-state index < -0.39 is 35.4 Å². The number of aromatic nitrogens is 4. The zero-order valence-corrected chi connectivity index (χ0v) is 25.8. The highest BCUT2D eigenvalue weighted by atomic mass is 32.1. The van der Waals surface area contributed by atoms with Crippen molar-refractivity contribution in [2.24, 2.45) is 0 Å². The number of aryl methyl sites for hydroxylation is 2. The molecule has 0 aliphatic rings. The summed E-state index contributed by atoms with van der Waals surface area (Å²) >= 11 is 1.27. The van der Waals surface area contributed by atoms with Gasteiger partial charge in [0.1, 0.15) is 23.8 Å². The maximum absolute atomic E-state index is 15.3. The number of aliphatic hydroxyl groups is 1. The Morgan fingerprint density at radius 3 is 2.51 bits per heavy atom. The van der Waals surface area contributed by atoms with E-state index in [4.69, 9.17) is 20.7 Å². The fraction of sp³-hybridized carbons (Fsp3) is 0.242. The van der Waals surface area contributed by atoms with Crippen LogP contribution in [0.3, 0.4) is 0 Å². The molecule has 3 aromatic carbocycles. The molecular formula is C33H31F2N6O3S+. The molecule has 3 atom stereocenters. The van der Waals surface area contributed by atoms with Crippen molar-refractivity contribution in [2.75, 3.05) is 5.73 Å². The first-order chi connectivity index (χ1) is 21.4. The molecule has 0 aliphatic carbocycles. The summed E-state index contributed by atoms with van der Waals surface area (Å²) < 4.78 is 38.4. The van der Waals surface area contributed by atoms with E-state index in [-0.39, 0.29) is 12.1 Å². The monoisotopic (exact) mass is 629 g/mol. The third kappa shape index (κ3) is 6.45. The lowest BCUT2D eigenvalue weighted by Crippen LogP contribution is -2.42. The van der Waals surface area contributed by atoms with E-state index in [1.165, 1.54) is 35.6 Å². The van der Waals surface area contributed by atoms with Crippen molar-refractivity contribution in [3.05, 3.63) is 117 Å². The van der Waals surface area contributed by atoms with Gasteiger partial charge in [0.05, 0.1) is 22.3 Å². The van der Waals surface area contributed by atoms with Gasteiger partial charge >= 0.3 is 5.97 Å². The Morgan fingerprint density at radius 1 is 1.18 bits per heavy atom. The first-order valence-corrected chi connectivity index (χ1v) is 14.9. The Bertz CT molecular complexity index is 1890. The molecule has 9 nitrogen and oxygen atoms in total. The van der Waals surface area contributed by atoms with Crippen LogP contribution < -0.4 is 10.3 Å². The van der Waals surface area contributed by atoms with Gasteiger partial charge in [0, 0.05) is 45.7 Å². The van der Waals surface area contributed by atoms with Crippen LogP contribution in [0.4, 0.5) is 14.5 Å². The summed E-state index contributed by atoms with van der Waals surface area (Å²) in [5, 5.41) is 28.1. The lowest BCUT2D eigenvalue weighted by Gasteiger charge is -2.32. The van der Waals surface area contributed by atoms with E-state index >= 15 is 4.39 Å². The van der Waals surface area contributed by atoms with Gasteiger partial charge in [0.15, 0.2) is 0 Å². The highest BCUT2D eigenvalue weighted by Crippen LogP contribution is 2.41. The molecule has 0 spiro atoms. The quantitative estimate of drug-likeness (QED) is 0.126. The number of nitrogen functional groups attached to an aromatic ring is 1. The maximum atomic E-state index is 15.3. The lowest BCUT2D eigenvalue weighted by atomic mass is 9.82. The van der Waals surface area contributed by atoms with Crippen LogP contribution in [0, 0.1) is 36.8 Å². The number of nitriles is 1. The van der Waals surface area contributed by atoms with Crippen LogP contribution in [0.1, 0.15) is 58.8 Å². The fourth-order valence-electron chi connectivity index (χ4n) is 5.22. The van der Waals surface area contributed by atoms with E-state index in [1.54, 1.807) is 41.1 Å². The largest absolute Gasteiger partial charge is 0.424 e. The number of esters is 1. The standard InChI is InChI=1S/C33H31F2N6O3S/c1-19-11-25(12-20(2)30(19)37)32(44-22(4)42)40-17-38-41(18-40)16-33(43,27-13-26(34)9-10-28(27)35)21(3)31-39-29(15-45-31)24-7-5-23(14-36)6-8-24/h5-13,15,17-18,21,32,43H,16,37H2,1-4H3/q+1. The molecule has 0 saturated carbocycles. The Kier molecular flexibility index (Phi) is 8.77. The van der Waals surface area contributed by atoms with Gasteiger partial charge in [-0.2, -0.15) is 9.83 Å². The van der Waals surface area contributed by atoms with E-state index in [9.17, 15) is 14.3 Å². The van der Waals surface area contributed by atoms with Crippen LogP contribution in [0.5, 0.6) is 0 Å². The van der Waals surface area contributed by atoms with E-state index in [2.05, 4.69) is 11.2 Å². The van der Waals surface area contributed by atoms with E-state index in [1.807, 2.05) is 26.0 Å². The minimum atomic E-state index is -2.01. The van der Waals surface area contributed by atoms with E-state index in [0.29, 0.717) is 27.5 Å². The van der Waals surface area contributed by atoms with E-state index in [0.717, 1.165) is 34.9 Å². The number of anilines is 1. The summed E-state index contributed by atoms with van der Waals surface area (Å²) in [7, 11) is 0. The SMILES string of the molecule is CC(=O)OC(c1cc(C)c(N)c(C)c1)[n+]1cnn(CC(O)(c2cc(F)ccc2F)C(C)c2nc(-c3ccc(C#N)cc3)cs2)c1. The molecule has 230 valence electrons. The van der Waals surface area contributed by atoms with Gasteiger partial charge in [0.25, 0.3) is 12.6 Å². The number of carbonyl (C=O) groups is 1. The number of hydrogen-bond acceptors (Lipinski definition) is 8. The van der Waals surface area contributed by atoms with Crippen molar-refractivity contribution in [1.29, 1.82) is 5.26 Å². The van der Waals surface area contributed by atoms with Crippen molar-refractivity contribution >= 4 is 23.0 Å². The molecule has 0 bridgehead atoms. The second-order valence-electron chi connectivity index (χ2n) is 11.0. The van der Waals surface area contributed by atoms with Crippen molar-refractivity contribution in [1.82, 2.24) is 14.8 Å². The predicted octanol–water partition coefficient (Wildman–Crippen LogP) is 5.44. The van der Waals surface area contributed by atoms with Gasteiger partial charge in [-0.3, -0.25) is 4.79 Å². The molecule has 5 aromatic rings. The predicted molar refractivity (Wildman–Crippen MR) is 164 cm³/mol. The number of halogens is 2. The van der Waals surface area contributed by atoms with Gasteiger partial charge < -0.3 is 15.6 Å². The molecule has 12 heteroatoms. The molecule has 45 heavy (non-hydrogen) atoms. The van der Waals surface area contributed by atoms with Gasteiger partial charge in [-0.1, -0.05) is 19.1 Å². The number of rotatable bonds is 9. The molecule has 5 rings (SSSR count). The summed E-state index contributed by atoms with van der Waals surface area (Å²) in [5.41, 5.74) is 8.65. The number of hydrogen-bond donors (Lipinski definition) is 2. The lowest BCUT2D eigenvalue weighted by molar-refractivity contribution is -0.747. The number of ether oxygens (including phenoxy) is 1. The minimum Gasteiger partial charge on any atom is -0.424 e. The molecule has 0 amide bonds. The molecule has 0 saturated heterocycles. The minimum absolute atomic E-state index is 0.256. The van der Waals surface area contributed by atoms with Crippen LogP contribution in [-0.2, 0) is 21.7 Å². The summed E-state index contributed by atoms with van der Waals surface area (Å²) in [6.07, 6.45) is 2.04. The van der Waals surface area contributed by atoms with Crippen LogP contribution in [0.25, 0.3) is 11.3 Å². The highest BCUT2D eigenvalue weighted by Gasteiger charge is 2.43. The number of carbonyl (C=O) groups excluding carboxylic acids is 1. The average molecular weight is 630 g/mol. The third-order valence-corrected chi connectivity index (χ3v) is 8.79. The molecule has 3 N–H and O–H groups in total. The smallest absolute Gasteiger partial charge is 0.305 e. The number of thiazole rings is 1. The van der Waals surface area contributed by atoms with Crippen molar-refractivity contribution < 1.29 is 28.0 Å². The number of benzene rings is 3. The molecule has 2 heterocycles. The molecule has 0 radical (unpaired) electrons. The highest BCUT2D eigenvalue weighted by molar-refractivity contribution is 7.10. The van der Waals surface area contributed by atoms with Crippen molar-refractivity contribution in [2.45, 2.75) is 52.0 Å². The van der Waals surface area contributed by atoms with Crippen LogP contribution >= 0.6 is 11.3 Å². The molecule has 0 fully saturated rings. The van der Waals surface area contributed by atoms with Gasteiger partial charge in [-0.25, -0.2) is 13.8 Å². The van der Waals surface area contributed by atoms with Gasteiger partial charge in [-0.15, -0.1) is 16.0 Å². The van der Waals surface area contributed by atoms with Crippen LogP contribution in [0.15, 0.2) is 72.6 Å². The second kappa shape index (κ2) is 12.6. The average Bonchev–Trinajstić information content (AvgIpc) is 3.69. The summed E-state index contributed by atoms with van der Waals surface area (Å²) in [5.74, 6) is -2.86. The summed E-state index contributed by atoms with van der Waals surface area (Å²) in [4.78, 5) is 16.8. The van der Waals surface area contributed by atoms with Gasteiger partial charge in [0.2, 0.25) is 6.33 Å². The molecular weight excluding hydrogens is 598 g/mol.